The van der Waals surface area contributed by atoms with Gasteiger partial charge in [0.25, 0.3) is 5.91 Å². The average Bonchev–Trinajstić information content (AvgIpc) is 2.75. The number of para-hydroxylation sites is 1. The van der Waals surface area contributed by atoms with Gasteiger partial charge in [-0.05, 0) is 49.4 Å². The number of benzene rings is 2. The Balaban J connectivity index is 1.74. The molecular formula is C21H22N4O3. The number of rotatable bonds is 7. The minimum Gasteiger partial charge on any atom is -0.493 e. The minimum atomic E-state index is -0.307. The maximum atomic E-state index is 12.5. The van der Waals surface area contributed by atoms with Crippen LogP contribution >= 0.6 is 0 Å². The quantitative estimate of drug-likeness (QED) is 0.672. The van der Waals surface area contributed by atoms with Crippen LogP contribution in [0.4, 0.5) is 17.3 Å². The first-order valence-electron chi connectivity index (χ1n) is 8.86. The molecule has 0 saturated heterocycles. The van der Waals surface area contributed by atoms with Crippen molar-refractivity contribution < 1.29 is 14.3 Å². The normalized spacial score (nSPS) is 10.2. The standard InChI is InChI=1S/C21H22N4O3/c1-4-25(16-8-6-5-7-9-16)20-13-12-19(23-24-20)22-21(26)15-10-11-17(27-2)18(14-15)28-3/h5-14H,4H2,1-3H3,(H,22,23,26). The minimum absolute atomic E-state index is 0.307. The number of anilines is 3. The Bertz CT molecular complexity index is 930. The Kier molecular flexibility index (Phi) is 6.06. The molecule has 0 aliphatic rings. The summed E-state index contributed by atoms with van der Waals surface area (Å²) in [6, 6.07) is 18.5. The van der Waals surface area contributed by atoms with Gasteiger partial charge in [0.05, 0.1) is 14.2 Å². The molecule has 1 aromatic heterocycles. The smallest absolute Gasteiger partial charge is 0.257 e. The molecule has 0 aliphatic carbocycles. The molecule has 0 fully saturated rings. The molecule has 28 heavy (non-hydrogen) atoms. The lowest BCUT2D eigenvalue weighted by Gasteiger charge is -2.21. The summed E-state index contributed by atoms with van der Waals surface area (Å²) in [6.45, 7) is 2.79. The third-order valence-corrected chi connectivity index (χ3v) is 4.20. The van der Waals surface area contributed by atoms with Crippen molar-refractivity contribution in [3.8, 4) is 11.5 Å². The Morgan fingerprint density at radius 2 is 1.71 bits per heavy atom. The van der Waals surface area contributed by atoms with E-state index in [1.807, 2.05) is 48.2 Å². The Hall–Kier alpha value is -3.61. The van der Waals surface area contributed by atoms with E-state index in [1.54, 1.807) is 31.4 Å². The zero-order valence-electron chi connectivity index (χ0n) is 16.0. The van der Waals surface area contributed by atoms with E-state index in [1.165, 1.54) is 7.11 Å². The summed E-state index contributed by atoms with van der Waals surface area (Å²) >= 11 is 0. The van der Waals surface area contributed by atoms with E-state index in [2.05, 4.69) is 15.5 Å². The van der Waals surface area contributed by atoms with Gasteiger partial charge in [-0.15, -0.1) is 10.2 Å². The number of hydrogen-bond acceptors (Lipinski definition) is 6. The highest BCUT2D eigenvalue weighted by molar-refractivity contribution is 6.04. The monoisotopic (exact) mass is 378 g/mol. The van der Waals surface area contributed by atoms with Crippen LogP contribution in [0.1, 0.15) is 17.3 Å². The summed E-state index contributed by atoms with van der Waals surface area (Å²) in [5, 5.41) is 11.1. The Morgan fingerprint density at radius 1 is 0.964 bits per heavy atom. The van der Waals surface area contributed by atoms with Gasteiger partial charge >= 0.3 is 0 Å². The second kappa shape index (κ2) is 8.85. The third kappa shape index (κ3) is 4.20. The second-order valence-corrected chi connectivity index (χ2v) is 5.88. The van der Waals surface area contributed by atoms with Crippen LogP contribution in [0.15, 0.2) is 60.7 Å². The van der Waals surface area contributed by atoms with E-state index in [4.69, 9.17) is 9.47 Å². The van der Waals surface area contributed by atoms with E-state index in [9.17, 15) is 4.79 Å². The highest BCUT2D eigenvalue weighted by atomic mass is 16.5. The van der Waals surface area contributed by atoms with E-state index < -0.39 is 0 Å². The van der Waals surface area contributed by atoms with Gasteiger partial charge in [-0.3, -0.25) is 4.79 Å². The SMILES string of the molecule is CCN(c1ccccc1)c1ccc(NC(=O)c2ccc(OC)c(OC)c2)nn1. The molecule has 3 aromatic rings. The van der Waals surface area contributed by atoms with Crippen molar-refractivity contribution in [1.82, 2.24) is 10.2 Å². The second-order valence-electron chi connectivity index (χ2n) is 5.88. The van der Waals surface area contributed by atoms with Gasteiger partial charge in [0.15, 0.2) is 23.1 Å². The zero-order valence-corrected chi connectivity index (χ0v) is 16.0. The van der Waals surface area contributed by atoms with Crippen molar-refractivity contribution in [2.24, 2.45) is 0 Å². The first kappa shape index (κ1) is 19.2. The van der Waals surface area contributed by atoms with Crippen LogP contribution < -0.4 is 19.7 Å². The maximum Gasteiger partial charge on any atom is 0.257 e. The summed E-state index contributed by atoms with van der Waals surface area (Å²) in [5.41, 5.74) is 1.46. The number of hydrogen-bond donors (Lipinski definition) is 1. The van der Waals surface area contributed by atoms with E-state index in [0.717, 1.165) is 12.2 Å². The Labute approximate surface area is 163 Å². The summed E-state index contributed by atoms with van der Waals surface area (Å²) < 4.78 is 10.4. The maximum absolute atomic E-state index is 12.5. The zero-order chi connectivity index (χ0) is 19.9. The molecule has 0 unspecified atom stereocenters. The first-order chi connectivity index (χ1) is 13.7. The molecule has 0 atom stereocenters. The molecule has 1 N–H and O–H groups in total. The van der Waals surface area contributed by atoms with Crippen LogP contribution in [0.3, 0.4) is 0 Å². The average molecular weight is 378 g/mol. The molecule has 1 heterocycles. The van der Waals surface area contributed by atoms with Gasteiger partial charge in [0, 0.05) is 17.8 Å². The molecule has 7 heteroatoms. The van der Waals surface area contributed by atoms with Crippen molar-refractivity contribution in [3.05, 3.63) is 66.2 Å². The van der Waals surface area contributed by atoms with Crippen LogP contribution in [0, 0.1) is 0 Å². The highest BCUT2D eigenvalue weighted by Crippen LogP contribution is 2.28. The van der Waals surface area contributed by atoms with Gasteiger partial charge < -0.3 is 19.7 Å². The predicted molar refractivity (Wildman–Crippen MR) is 109 cm³/mol. The topological polar surface area (TPSA) is 76.6 Å². The van der Waals surface area contributed by atoms with Crippen LogP contribution in [-0.2, 0) is 0 Å². The number of ether oxygens (including phenoxy) is 2. The van der Waals surface area contributed by atoms with E-state index in [0.29, 0.717) is 28.7 Å². The molecular weight excluding hydrogens is 356 g/mol. The molecule has 0 aliphatic heterocycles. The third-order valence-electron chi connectivity index (χ3n) is 4.20. The first-order valence-corrected chi connectivity index (χ1v) is 8.86. The van der Waals surface area contributed by atoms with Gasteiger partial charge in [-0.25, -0.2) is 0 Å². The molecule has 3 rings (SSSR count). The van der Waals surface area contributed by atoms with E-state index >= 15 is 0 Å². The summed E-state index contributed by atoms with van der Waals surface area (Å²) in [7, 11) is 3.07. The molecule has 1 amide bonds. The molecule has 0 radical (unpaired) electrons. The van der Waals surface area contributed by atoms with Gasteiger partial charge in [0.2, 0.25) is 0 Å². The number of methoxy groups -OCH3 is 2. The number of nitrogens with zero attached hydrogens (tertiary/aromatic N) is 3. The van der Waals surface area contributed by atoms with E-state index in [-0.39, 0.29) is 5.91 Å². The van der Waals surface area contributed by atoms with Crippen molar-refractivity contribution in [2.75, 3.05) is 31.0 Å². The van der Waals surface area contributed by atoms with Crippen molar-refractivity contribution >= 4 is 23.2 Å². The fourth-order valence-electron chi connectivity index (χ4n) is 2.79. The van der Waals surface area contributed by atoms with Crippen molar-refractivity contribution in [3.63, 3.8) is 0 Å². The molecule has 2 aromatic carbocycles. The summed E-state index contributed by atoms with van der Waals surface area (Å²) in [5.74, 6) is 1.81. The highest BCUT2D eigenvalue weighted by Gasteiger charge is 2.13. The molecule has 0 saturated carbocycles. The van der Waals surface area contributed by atoms with Crippen molar-refractivity contribution in [2.45, 2.75) is 6.92 Å². The Morgan fingerprint density at radius 3 is 2.32 bits per heavy atom. The van der Waals surface area contributed by atoms with Gasteiger partial charge in [-0.2, -0.15) is 0 Å². The lowest BCUT2D eigenvalue weighted by molar-refractivity contribution is 0.102. The summed E-state index contributed by atoms with van der Waals surface area (Å²) in [4.78, 5) is 14.5. The van der Waals surface area contributed by atoms with Gasteiger partial charge in [-0.1, -0.05) is 18.2 Å². The molecule has 7 nitrogen and oxygen atoms in total. The number of aromatic nitrogens is 2. The molecule has 0 spiro atoms. The molecule has 144 valence electrons. The fourth-order valence-corrected chi connectivity index (χ4v) is 2.79. The number of carbonyl (C=O) groups is 1. The summed E-state index contributed by atoms with van der Waals surface area (Å²) in [6.07, 6.45) is 0. The predicted octanol–water partition coefficient (Wildman–Crippen LogP) is 3.90. The van der Waals surface area contributed by atoms with Crippen LogP contribution in [0.2, 0.25) is 0 Å². The molecule has 0 bridgehead atoms. The lowest BCUT2D eigenvalue weighted by Crippen LogP contribution is -2.18. The van der Waals surface area contributed by atoms with Crippen LogP contribution in [0.5, 0.6) is 11.5 Å². The fraction of sp³-hybridized carbons (Fsp3) is 0.190. The van der Waals surface area contributed by atoms with Gasteiger partial charge in [0.1, 0.15) is 0 Å². The lowest BCUT2D eigenvalue weighted by atomic mass is 10.2. The van der Waals surface area contributed by atoms with Crippen molar-refractivity contribution in [1.29, 1.82) is 0 Å². The number of amides is 1. The number of nitrogens with one attached hydrogen (secondary N) is 1. The largest absolute Gasteiger partial charge is 0.493 e. The number of carbonyl (C=O) groups excluding carboxylic acids is 1. The van der Waals surface area contributed by atoms with Crippen LogP contribution in [0.25, 0.3) is 0 Å². The van der Waals surface area contributed by atoms with Crippen LogP contribution in [-0.4, -0.2) is 36.9 Å².